The van der Waals surface area contributed by atoms with Crippen LogP contribution < -0.4 is 5.73 Å². The second-order valence-corrected chi connectivity index (χ2v) is 4.05. The summed E-state index contributed by atoms with van der Waals surface area (Å²) in [7, 11) is 0. The normalized spacial score (nSPS) is 23.1. The van der Waals surface area contributed by atoms with Crippen LogP contribution in [0.15, 0.2) is 36.0 Å². The monoisotopic (exact) mass is 218 g/mol. The third-order valence-electron chi connectivity index (χ3n) is 2.68. The molecule has 0 aliphatic heterocycles. The average molecular weight is 218 g/mol. The Balaban J connectivity index is 2.82. The zero-order chi connectivity index (χ0) is 12.0. The van der Waals surface area contributed by atoms with E-state index in [-0.39, 0.29) is 18.6 Å². The molecule has 3 nitrogen and oxygen atoms in total. The number of nitrogens with zero attached hydrogens (tertiary/aromatic N) is 1. The van der Waals surface area contributed by atoms with E-state index in [2.05, 4.69) is 19.1 Å². The van der Waals surface area contributed by atoms with E-state index < -0.39 is 0 Å². The summed E-state index contributed by atoms with van der Waals surface area (Å²) in [6.07, 6.45) is 10.4. The van der Waals surface area contributed by atoms with Gasteiger partial charge in [0.15, 0.2) is 0 Å². The van der Waals surface area contributed by atoms with Gasteiger partial charge in [0.05, 0.1) is 12.0 Å². The number of aliphatic hydroxyl groups is 1. The lowest BCUT2D eigenvalue weighted by Gasteiger charge is -2.17. The Hall–Kier alpha value is -1.37. The van der Waals surface area contributed by atoms with Crippen molar-refractivity contribution in [1.29, 1.82) is 5.26 Å². The Kier molecular flexibility index (Phi) is 4.97. The van der Waals surface area contributed by atoms with Crippen LogP contribution in [0, 0.1) is 23.2 Å². The molecule has 3 heteroatoms. The molecule has 0 saturated heterocycles. The van der Waals surface area contributed by atoms with E-state index in [1.807, 2.05) is 24.3 Å². The number of nitrogens with two attached hydrogens (primary N) is 1. The summed E-state index contributed by atoms with van der Waals surface area (Å²) in [5.74, 6) is 0.0282. The van der Waals surface area contributed by atoms with Crippen molar-refractivity contribution in [3.63, 3.8) is 0 Å². The summed E-state index contributed by atoms with van der Waals surface area (Å²) in [4.78, 5) is 0. The van der Waals surface area contributed by atoms with Crippen LogP contribution in [0.1, 0.15) is 13.3 Å². The smallest absolute Gasteiger partial charge is 0.0864 e. The quantitative estimate of drug-likeness (QED) is 0.751. The van der Waals surface area contributed by atoms with Crippen LogP contribution in [0.4, 0.5) is 0 Å². The highest BCUT2D eigenvalue weighted by Gasteiger charge is 2.20. The first kappa shape index (κ1) is 12.7. The molecule has 1 aliphatic rings. The Morgan fingerprint density at radius 1 is 1.56 bits per heavy atom. The van der Waals surface area contributed by atoms with E-state index >= 15 is 0 Å². The third-order valence-corrected chi connectivity index (χ3v) is 2.68. The number of hydrogen-bond donors (Lipinski definition) is 2. The van der Waals surface area contributed by atoms with Crippen LogP contribution in [0.5, 0.6) is 0 Å². The lowest BCUT2D eigenvalue weighted by atomic mass is 9.90. The zero-order valence-corrected chi connectivity index (χ0v) is 9.50. The first-order valence-corrected chi connectivity index (χ1v) is 5.51. The van der Waals surface area contributed by atoms with E-state index in [9.17, 15) is 0 Å². The van der Waals surface area contributed by atoms with Crippen molar-refractivity contribution in [2.45, 2.75) is 19.4 Å². The van der Waals surface area contributed by atoms with Gasteiger partial charge in [-0.3, -0.25) is 0 Å². The van der Waals surface area contributed by atoms with Crippen LogP contribution in [0.3, 0.4) is 0 Å². The Bertz CT molecular complexity index is 349. The van der Waals surface area contributed by atoms with Crippen LogP contribution in [-0.4, -0.2) is 17.8 Å². The molecule has 0 saturated carbocycles. The SMILES string of the molecule is CC1C=CC=C([C@H](C#N)[C@H](N)CCO)C=C1. The molecule has 0 heterocycles. The molecular formula is C13H18N2O. The standard InChI is InChI=1S/C13H18N2O/c1-10-3-2-4-11(6-5-10)12(9-14)13(15)7-8-16/h2-6,10,12-13,16H,7-8,15H2,1H3/t10?,12-,13+/m0/s1. The van der Waals surface area contributed by atoms with Crippen molar-refractivity contribution in [2.24, 2.45) is 17.6 Å². The molecule has 0 spiro atoms. The van der Waals surface area contributed by atoms with Gasteiger partial charge in [-0.05, 0) is 17.9 Å². The highest BCUT2D eigenvalue weighted by Crippen LogP contribution is 2.20. The van der Waals surface area contributed by atoms with Gasteiger partial charge in [0, 0.05) is 12.6 Å². The van der Waals surface area contributed by atoms with Crippen LogP contribution in [0.25, 0.3) is 0 Å². The predicted molar refractivity (Wildman–Crippen MR) is 64.3 cm³/mol. The van der Waals surface area contributed by atoms with Gasteiger partial charge in [0.2, 0.25) is 0 Å². The van der Waals surface area contributed by atoms with E-state index in [4.69, 9.17) is 16.1 Å². The highest BCUT2D eigenvalue weighted by molar-refractivity contribution is 5.34. The molecule has 0 fully saturated rings. The van der Waals surface area contributed by atoms with Crippen molar-refractivity contribution >= 4 is 0 Å². The molecule has 1 rings (SSSR count). The average Bonchev–Trinajstić information content (AvgIpc) is 2.46. The molecule has 0 bridgehead atoms. The Morgan fingerprint density at radius 3 is 2.94 bits per heavy atom. The number of aliphatic hydroxyl groups excluding tert-OH is 1. The second kappa shape index (κ2) is 6.26. The van der Waals surface area contributed by atoms with Crippen molar-refractivity contribution in [1.82, 2.24) is 0 Å². The number of hydrogen-bond acceptors (Lipinski definition) is 3. The van der Waals surface area contributed by atoms with E-state index in [1.54, 1.807) is 0 Å². The maximum Gasteiger partial charge on any atom is 0.0864 e. The van der Waals surface area contributed by atoms with Crippen molar-refractivity contribution in [3.8, 4) is 6.07 Å². The van der Waals surface area contributed by atoms with Gasteiger partial charge in [0.25, 0.3) is 0 Å². The van der Waals surface area contributed by atoms with Crippen molar-refractivity contribution < 1.29 is 5.11 Å². The molecule has 1 aliphatic carbocycles. The van der Waals surface area contributed by atoms with Gasteiger partial charge in [-0.25, -0.2) is 0 Å². The molecule has 1 unspecified atom stereocenters. The fourth-order valence-electron chi connectivity index (χ4n) is 1.67. The third kappa shape index (κ3) is 3.34. The van der Waals surface area contributed by atoms with Gasteiger partial charge < -0.3 is 10.8 Å². The molecule has 16 heavy (non-hydrogen) atoms. The van der Waals surface area contributed by atoms with Crippen molar-refractivity contribution in [2.75, 3.05) is 6.61 Å². The highest BCUT2D eigenvalue weighted by atomic mass is 16.3. The summed E-state index contributed by atoms with van der Waals surface area (Å²) < 4.78 is 0. The maximum atomic E-state index is 9.12. The number of allylic oxidation sites excluding steroid dienone is 5. The van der Waals surface area contributed by atoms with Crippen LogP contribution in [-0.2, 0) is 0 Å². The van der Waals surface area contributed by atoms with Crippen LogP contribution >= 0.6 is 0 Å². The van der Waals surface area contributed by atoms with Crippen molar-refractivity contribution in [3.05, 3.63) is 36.0 Å². The summed E-state index contributed by atoms with van der Waals surface area (Å²) in [6, 6.07) is 1.90. The van der Waals surface area contributed by atoms with E-state index in [0.29, 0.717) is 12.3 Å². The first-order valence-electron chi connectivity index (χ1n) is 5.51. The molecule has 0 radical (unpaired) electrons. The summed E-state index contributed by atoms with van der Waals surface area (Å²) >= 11 is 0. The van der Waals surface area contributed by atoms with Crippen LogP contribution in [0.2, 0.25) is 0 Å². The zero-order valence-electron chi connectivity index (χ0n) is 9.50. The minimum absolute atomic E-state index is 0.0165. The van der Waals surface area contributed by atoms with E-state index in [0.717, 1.165) is 5.57 Å². The molecule has 0 amide bonds. The second-order valence-electron chi connectivity index (χ2n) is 4.05. The van der Waals surface area contributed by atoms with Gasteiger partial charge in [-0.15, -0.1) is 0 Å². The number of rotatable bonds is 4. The molecule has 3 atom stereocenters. The molecule has 0 aromatic heterocycles. The minimum atomic E-state index is -0.349. The van der Waals surface area contributed by atoms with Gasteiger partial charge in [0.1, 0.15) is 0 Å². The number of nitriles is 1. The van der Waals surface area contributed by atoms with Gasteiger partial charge in [-0.2, -0.15) is 5.26 Å². The topological polar surface area (TPSA) is 70.0 Å². The largest absolute Gasteiger partial charge is 0.396 e. The molecule has 86 valence electrons. The predicted octanol–water partition coefficient (Wildman–Crippen LogP) is 1.52. The minimum Gasteiger partial charge on any atom is -0.396 e. The maximum absolute atomic E-state index is 9.12. The lowest BCUT2D eigenvalue weighted by Crippen LogP contribution is -2.31. The van der Waals surface area contributed by atoms with Gasteiger partial charge in [-0.1, -0.05) is 37.3 Å². The molecule has 0 aromatic carbocycles. The van der Waals surface area contributed by atoms with E-state index in [1.165, 1.54) is 0 Å². The summed E-state index contributed by atoms with van der Waals surface area (Å²) in [6.45, 7) is 2.10. The Labute approximate surface area is 96.6 Å². The summed E-state index contributed by atoms with van der Waals surface area (Å²) in [5, 5.41) is 18.0. The van der Waals surface area contributed by atoms with Gasteiger partial charge >= 0.3 is 0 Å². The molecular weight excluding hydrogens is 200 g/mol. The summed E-state index contributed by atoms with van der Waals surface area (Å²) in [5.41, 5.74) is 6.79. The first-order chi connectivity index (χ1) is 7.69. The Morgan fingerprint density at radius 2 is 2.31 bits per heavy atom. The molecule has 0 aromatic rings. The fourth-order valence-corrected chi connectivity index (χ4v) is 1.67. The molecule has 3 N–H and O–H groups in total. The lowest BCUT2D eigenvalue weighted by molar-refractivity contribution is 0.269. The fraction of sp³-hybridized carbons (Fsp3) is 0.462.